The predicted molar refractivity (Wildman–Crippen MR) is 190 cm³/mol. The summed E-state index contributed by atoms with van der Waals surface area (Å²) in [5.41, 5.74) is 9.09. The van der Waals surface area contributed by atoms with Crippen LogP contribution in [-0.4, -0.2) is 24.5 Å². The molecular weight excluding hydrogens is 819 g/mol. The van der Waals surface area contributed by atoms with Crippen LogP contribution in [0.15, 0.2) is 103 Å². The predicted octanol–water partition coefficient (Wildman–Crippen LogP) is 9.71. The molecule has 0 aliphatic rings. The van der Waals surface area contributed by atoms with E-state index in [9.17, 15) is 0 Å². The number of benzene rings is 4. The number of hydrogen-bond donors (Lipinski definition) is 0. The van der Waals surface area contributed by atoms with Gasteiger partial charge in [0.25, 0.3) is 0 Å². The number of aryl methyl sites for hydroxylation is 4. The molecule has 4 aromatic carbocycles. The first kappa shape index (κ1) is 35.8. The molecule has 0 spiro atoms. The summed E-state index contributed by atoms with van der Waals surface area (Å²) in [5, 5.41) is 1.90. The summed E-state index contributed by atoms with van der Waals surface area (Å²) in [6.07, 6.45) is 3.42. The summed E-state index contributed by atoms with van der Waals surface area (Å²) < 4.78 is 14.6. The zero-order chi connectivity index (χ0) is 33.5. The fourth-order valence-corrected chi connectivity index (χ4v) is 6.06. The monoisotopic (exact) mass is 847 g/mol. The Morgan fingerprint density at radius 2 is 0.961 bits per heavy atom. The van der Waals surface area contributed by atoms with Crippen molar-refractivity contribution < 1.29 is 50.3 Å². The maximum atomic E-state index is 6.32. The molecule has 0 aliphatic heterocycles. The van der Waals surface area contributed by atoms with Crippen LogP contribution in [0.3, 0.4) is 0 Å². The van der Waals surface area contributed by atoms with Crippen LogP contribution < -0.4 is 9.47 Å². The molecule has 0 fully saturated rings. The molecule has 0 radical (unpaired) electrons. The van der Waals surface area contributed by atoms with Crippen molar-refractivity contribution in [3.63, 3.8) is 0 Å². The third kappa shape index (κ3) is 7.54. The Morgan fingerprint density at radius 3 is 1.41 bits per heavy atom. The minimum Gasteiger partial charge on any atom is -0.503 e. The van der Waals surface area contributed by atoms with Crippen LogP contribution in [0.2, 0.25) is 0 Å². The Bertz CT molecular complexity index is 2320. The average molecular weight is 849 g/mol. The van der Waals surface area contributed by atoms with Crippen LogP contribution >= 0.6 is 0 Å². The van der Waals surface area contributed by atoms with Crippen LogP contribution in [0.5, 0.6) is 23.0 Å². The van der Waals surface area contributed by atoms with Crippen molar-refractivity contribution in [3.05, 3.63) is 150 Å². The minimum atomic E-state index is 0. The first-order valence-corrected chi connectivity index (χ1v) is 15.9. The molecule has 0 saturated heterocycles. The van der Waals surface area contributed by atoms with Gasteiger partial charge >= 0.3 is 40.8 Å². The van der Waals surface area contributed by atoms with Gasteiger partial charge in [0.15, 0.2) is 0 Å². The maximum absolute atomic E-state index is 6.32. The van der Waals surface area contributed by atoms with Crippen LogP contribution in [0, 0.1) is 52.0 Å². The van der Waals surface area contributed by atoms with Gasteiger partial charge in [0.2, 0.25) is 5.95 Å². The fraction of sp³-hybridized carbons (Fsp3) is 0.0952. The average Bonchev–Trinajstić information content (AvgIpc) is 3.41. The number of pyridine rings is 2. The zero-order valence-electron chi connectivity index (χ0n) is 28.0. The summed E-state index contributed by atoms with van der Waals surface area (Å²) >= 11 is 0. The normalized spacial score (nSPS) is 10.8. The number of ether oxygens (including phenoxy) is 2. The molecule has 0 aliphatic carbocycles. The molecule has 0 atom stereocenters. The molecule has 4 aromatic heterocycles. The van der Waals surface area contributed by atoms with Gasteiger partial charge < -0.3 is 24.0 Å². The summed E-state index contributed by atoms with van der Waals surface area (Å²) in [6.45, 7) is 8.10. The number of hydrogen-bond acceptors (Lipinski definition) is 6. The van der Waals surface area contributed by atoms with Gasteiger partial charge in [-0.2, -0.15) is 22.9 Å². The van der Waals surface area contributed by atoms with Gasteiger partial charge in [-0.25, -0.2) is 9.97 Å². The molecule has 0 saturated carbocycles. The molecule has 8 rings (SSSR count). The van der Waals surface area contributed by atoms with Gasteiger partial charge in [-0.05, 0) is 57.3 Å². The summed E-state index contributed by atoms with van der Waals surface area (Å²) in [6, 6.07) is 43.1. The first-order valence-electron chi connectivity index (χ1n) is 15.9. The maximum Gasteiger partial charge on any atom is 2.00 e. The molecule has 4 heterocycles. The van der Waals surface area contributed by atoms with Crippen LogP contribution in [0.1, 0.15) is 22.5 Å². The summed E-state index contributed by atoms with van der Waals surface area (Å²) in [4.78, 5) is 18.5. The van der Waals surface area contributed by atoms with Crippen LogP contribution in [0.25, 0.3) is 50.3 Å². The van der Waals surface area contributed by atoms with E-state index in [0.29, 0.717) is 28.9 Å². The third-order valence-corrected chi connectivity index (χ3v) is 8.01. The number of fused-ring (bicyclic) bond motifs is 3. The summed E-state index contributed by atoms with van der Waals surface area (Å²) in [7, 11) is 0. The molecule has 0 bridgehead atoms. The summed E-state index contributed by atoms with van der Waals surface area (Å²) in [5.74, 6) is 2.65. The molecule has 0 amide bonds. The Balaban J connectivity index is 0.00000224. The zero-order valence-corrected chi connectivity index (χ0v) is 31.1. The molecular formula is C42H29N5O2Pd2. The van der Waals surface area contributed by atoms with Gasteiger partial charge in [-0.3, -0.25) is 0 Å². The molecule has 0 unspecified atom stereocenters. The van der Waals surface area contributed by atoms with Crippen molar-refractivity contribution in [2.75, 3.05) is 0 Å². The van der Waals surface area contributed by atoms with E-state index in [1.165, 1.54) is 0 Å². The molecule has 9 heteroatoms. The molecule has 254 valence electrons. The standard InChI is InChI=1S/C42H29N5O2.2Pd/c1-26-18-28(3)45-38(20-26)30-8-5-10-32(22-30)48-34-12-14-36-37-15-13-35(25-41(37)47(40(36)24-34)42-43-16-7-17-44-42)49-33-11-6-9-31(23-33)39-21-27(2)19-29(4)46-39;;/h5-21H,1-4H3;;/q-4;2*+2. The van der Waals surface area contributed by atoms with E-state index in [0.717, 1.165) is 66.8 Å². The van der Waals surface area contributed by atoms with E-state index >= 15 is 0 Å². The Labute approximate surface area is 324 Å². The minimum absolute atomic E-state index is 0. The Morgan fingerprint density at radius 1 is 0.510 bits per heavy atom. The van der Waals surface area contributed by atoms with E-state index < -0.39 is 0 Å². The van der Waals surface area contributed by atoms with E-state index in [1.807, 2.05) is 91.2 Å². The Kier molecular flexibility index (Phi) is 10.6. The van der Waals surface area contributed by atoms with Crippen molar-refractivity contribution in [1.29, 1.82) is 0 Å². The van der Waals surface area contributed by atoms with Gasteiger partial charge in [-0.1, -0.05) is 46.4 Å². The number of rotatable bonds is 7. The second kappa shape index (κ2) is 15.1. The second-order valence-electron chi connectivity index (χ2n) is 12.0. The van der Waals surface area contributed by atoms with Crippen molar-refractivity contribution in [2.24, 2.45) is 0 Å². The Hall–Kier alpha value is -5.02. The number of nitrogens with zero attached hydrogens (tertiary/aromatic N) is 5. The second-order valence-corrected chi connectivity index (χ2v) is 12.0. The van der Waals surface area contributed by atoms with E-state index in [-0.39, 0.29) is 40.8 Å². The van der Waals surface area contributed by atoms with Crippen molar-refractivity contribution in [1.82, 2.24) is 24.5 Å². The van der Waals surface area contributed by atoms with Gasteiger partial charge in [0, 0.05) is 46.8 Å². The van der Waals surface area contributed by atoms with E-state index in [1.54, 1.807) is 18.5 Å². The quantitative estimate of drug-likeness (QED) is 0.118. The number of aromatic nitrogens is 5. The topological polar surface area (TPSA) is 75.0 Å². The van der Waals surface area contributed by atoms with Crippen molar-refractivity contribution in [2.45, 2.75) is 27.7 Å². The fourth-order valence-electron chi connectivity index (χ4n) is 6.06. The van der Waals surface area contributed by atoms with Crippen molar-refractivity contribution in [3.8, 4) is 51.5 Å². The SMILES string of the molecule is Cc1cc(C)nc(-c2[c-]c(Oc3[c-]c4c(cc3)c3ccc(Oc5[c-]c(-c6cc(C)cc(C)n6)ccc5)[c-]c3n4-c3ncccn3)ccc2)c1.[Pd+2].[Pd+2]. The van der Waals surface area contributed by atoms with Crippen molar-refractivity contribution >= 4 is 21.8 Å². The van der Waals surface area contributed by atoms with Gasteiger partial charge in [0.05, 0.1) is 0 Å². The largest absolute Gasteiger partial charge is 2.00 e. The van der Waals surface area contributed by atoms with Gasteiger partial charge in [-0.15, -0.1) is 71.8 Å². The van der Waals surface area contributed by atoms with Crippen LogP contribution in [-0.2, 0) is 40.8 Å². The van der Waals surface area contributed by atoms with E-state index in [2.05, 4.69) is 60.2 Å². The molecule has 0 N–H and O–H groups in total. The third-order valence-electron chi connectivity index (χ3n) is 8.01. The van der Waals surface area contributed by atoms with Crippen LogP contribution in [0.4, 0.5) is 0 Å². The van der Waals surface area contributed by atoms with E-state index in [4.69, 9.17) is 19.4 Å². The smallest absolute Gasteiger partial charge is 0.503 e. The van der Waals surface area contributed by atoms with Gasteiger partial charge in [0.1, 0.15) is 0 Å². The molecule has 8 aromatic rings. The first-order chi connectivity index (χ1) is 23.9. The molecule has 7 nitrogen and oxygen atoms in total. The molecule has 51 heavy (non-hydrogen) atoms.